The minimum atomic E-state index is -0.709. The van der Waals surface area contributed by atoms with E-state index in [1.54, 1.807) is 49.5 Å². The smallest absolute Gasteiger partial charge is 0.410 e. The summed E-state index contributed by atoms with van der Waals surface area (Å²) in [5.41, 5.74) is 4.10. The second kappa shape index (κ2) is 16.4. The normalized spacial score (nSPS) is 14.4. The van der Waals surface area contributed by atoms with Gasteiger partial charge < -0.3 is 24.8 Å². The quantitative estimate of drug-likeness (QED) is 0.151. The Morgan fingerprint density at radius 2 is 1.69 bits per heavy atom. The molecule has 2 aromatic carbocycles. The highest BCUT2D eigenvalue weighted by atomic mass is 35.5. The number of aliphatic hydroxyl groups is 1. The number of fused-ring (bicyclic) bond motifs is 1. The van der Waals surface area contributed by atoms with E-state index in [0.29, 0.717) is 92.3 Å². The van der Waals surface area contributed by atoms with E-state index in [1.165, 1.54) is 11.7 Å². The number of hydrogen-bond acceptors (Lipinski definition) is 9. The van der Waals surface area contributed by atoms with Gasteiger partial charge in [0.15, 0.2) is 0 Å². The zero-order valence-corrected chi connectivity index (χ0v) is 33.2. The second-order valence-corrected chi connectivity index (χ2v) is 15.4. The monoisotopic (exact) mass is 789 g/mol. The molecule has 6 rings (SSSR count). The van der Waals surface area contributed by atoms with E-state index in [0.717, 1.165) is 0 Å². The van der Waals surface area contributed by atoms with Crippen LogP contribution in [0.3, 0.4) is 0 Å². The highest BCUT2D eigenvalue weighted by Gasteiger charge is 2.29. The Balaban J connectivity index is 1.31. The van der Waals surface area contributed by atoms with E-state index in [4.69, 9.17) is 42.8 Å². The first-order chi connectivity index (χ1) is 26.2. The van der Waals surface area contributed by atoms with Crippen LogP contribution in [0.2, 0.25) is 10.0 Å². The number of benzene rings is 2. The highest BCUT2D eigenvalue weighted by molar-refractivity contribution is 6.39. The number of halogens is 2. The number of likely N-dealkylation sites (N-methyl/N-ethyl adjacent to an activating group) is 1. The molecule has 3 aromatic heterocycles. The van der Waals surface area contributed by atoms with Crippen molar-refractivity contribution in [1.82, 2.24) is 34.3 Å². The van der Waals surface area contributed by atoms with Crippen LogP contribution in [0.4, 0.5) is 4.79 Å². The summed E-state index contributed by atoms with van der Waals surface area (Å²) in [4.78, 5) is 46.8. The number of aliphatic hydroxyl groups excluding tert-OH is 1. The van der Waals surface area contributed by atoms with Crippen molar-refractivity contribution in [2.75, 3.05) is 33.9 Å². The third-order valence-electron chi connectivity index (χ3n) is 9.37. The van der Waals surface area contributed by atoms with Crippen molar-refractivity contribution in [3.63, 3.8) is 0 Å². The lowest BCUT2D eigenvalue weighted by Crippen LogP contribution is -2.43. The predicted octanol–water partition coefficient (Wildman–Crippen LogP) is 6.18. The van der Waals surface area contributed by atoms with Crippen LogP contribution in [0, 0.1) is 0 Å². The maximum absolute atomic E-state index is 13.3. The van der Waals surface area contributed by atoms with Gasteiger partial charge in [0.25, 0.3) is 5.56 Å². The van der Waals surface area contributed by atoms with E-state index in [9.17, 15) is 19.5 Å². The first kappa shape index (κ1) is 39.7. The fourth-order valence-corrected chi connectivity index (χ4v) is 7.25. The average Bonchev–Trinajstić information content (AvgIpc) is 3.75. The Kier molecular flexibility index (Phi) is 11.9. The zero-order chi connectivity index (χ0) is 39.6. The van der Waals surface area contributed by atoms with Crippen LogP contribution in [0.25, 0.3) is 39.0 Å². The molecule has 1 atom stereocenters. The molecular formula is C40H45Cl2N7O6. The van der Waals surface area contributed by atoms with Crippen LogP contribution in [0.1, 0.15) is 45.0 Å². The van der Waals surface area contributed by atoms with Crippen LogP contribution in [0.5, 0.6) is 5.88 Å². The van der Waals surface area contributed by atoms with E-state index < -0.39 is 11.7 Å². The fraction of sp³-hybridized carbons (Fsp3) is 0.375. The summed E-state index contributed by atoms with van der Waals surface area (Å²) in [6.07, 6.45) is 2.31. The minimum Gasteiger partial charge on any atom is -0.481 e. The number of ether oxygens (including phenoxy) is 2. The van der Waals surface area contributed by atoms with Crippen molar-refractivity contribution in [3.8, 4) is 39.4 Å². The zero-order valence-electron chi connectivity index (χ0n) is 31.7. The maximum atomic E-state index is 13.3. The van der Waals surface area contributed by atoms with Crippen LogP contribution < -0.4 is 15.6 Å². The summed E-state index contributed by atoms with van der Waals surface area (Å²) in [6, 6.07) is 16.5. The molecule has 0 aliphatic carbocycles. The van der Waals surface area contributed by atoms with E-state index >= 15 is 0 Å². The van der Waals surface area contributed by atoms with Gasteiger partial charge in [-0.1, -0.05) is 59.6 Å². The molecule has 290 valence electrons. The van der Waals surface area contributed by atoms with Gasteiger partial charge in [0.2, 0.25) is 11.8 Å². The molecule has 0 saturated carbocycles. The second-order valence-electron chi connectivity index (χ2n) is 14.7. The Labute approximate surface area is 329 Å². The van der Waals surface area contributed by atoms with Crippen molar-refractivity contribution in [1.29, 1.82) is 0 Å². The Morgan fingerprint density at radius 3 is 2.33 bits per heavy atom. The average molecular weight is 791 g/mol. The summed E-state index contributed by atoms with van der Waals surface area (Å²) >= 11 is 14.3. The number of nitrogens with one attached hydrogen (secondary N) is 1. The number of pyridine rings is 1. The molecule has 4 heterocycles. The van der Waals surface area contributed by atoms with Crippen molar-refractivity contribution in [3.05, 3.63) is 92.6 Å². The van der Waals surface area contributed by atoms with Gasteiger partial charge in [-0.3, -0.25) is 19.1 Å². The maximum Gasteiger partial charge on any atom is 0.410 e. The molecule has 2 amide bonds. The Bertz CT molecular complexity index is 2300. The van der Waals surface area contributed by atoms with E-state index in [1.807, 2.05) is 60.5 Å². The molecule has 1 saturated heterocycles. The molecule has 0 radical (unpaired) electrons. The van der Waals surface area contributed by atoms with Gasteiger partial charge >= 0.3 is 6.09 Å². The van der Waals surface area contributed by atoms with Crippen molar-refractivity contribution >= 4 is 40.7 Å². The number of hydrogen-bond donors (Lipinski definition) is 2. The predicted molar refractivity (Wildman–Crippen MR) is 212 cm³/mol. The summed E-state index contributed by atoms with van der Waals surface area (Å²) in [7, 11) is 5.05. The molecule has 55 heavy (non-hydrogen) atoms. The van der Waals surface area contributed by atoms with Crippen molar-refractivity contribution < 1.29 is 24.2 Å². The molecular weight excluding hydrogens is 745 g/mol. The molecule has 5 aromatic rings. The van der Waals surface area contributed by atoms with Crippen LogP contribution in [0.15, 0.2) is 65.6 Å². The highest BCUT2D eigenvalue weighted by Crippen LogP contribution is 2.42. The molecule has 1 aliphatic rings. The third kappa shape index (κ3) is 8.80. The Hall–Kier alpha value is -4.95. The summed E-state index contributed by atoms with van der Waals surface area (Å²) in [5.74, 6) is 0.824. The number of nitrogens with zero attached hydrogens (tertiary/aromatic N) is 6. The molecule has 2 N–H and O–H groups in total. The lowest BCUT2D eigenvalue weighted by atomic mass is 9.97. The van der Waals surface area contributed by atoms with Gasteiger partial charge in [-0.25, -0.2) is 14.3 Å². The first-order valence-corrected chi connectivity index (χ1v) is 18.7. The topological polar surface area (TPSA) is 144 Å². The number of carbonyl (C=O) groups is 2. The summed E-state index contributed by atoms with van der Waals surface area (Å²) in [6.45, 7) is 6.67. The van der Waals surface area contributed by atoms with Crippen LogP contribution >= 0.6 is 23.2 Å². The molecule has 0 spiro atoms. The van der Waals surface area contributed by atoms with Crippen LogP contribution in [-0.4, -0.2) is 91.6 Å². The standard InChI is InChI=1S/C40H45Cl2N7O6/c1-40(2,3)55-39(53)48(22-26-14-16-34(51)43-26)20-24-13-15-31(44-37(24)54-6)30-12-8-11-29(36(30)42)28-10-7-9-27(35(28)41)25-19-32-38(52)47(5)33(45-49(32)21-25)23-46(4)17-18-50/h7-13,15,19,21,26,50H,14,16-18,20,22-23H2,1-6H3,(H,43,51)/t26-/m0/s1. The van der Waals surface area contributed by atoms with E-state index in [-0.39, 0.29) is 37.2 Å². The molecule has 1 fully saturated rings. The largest absolute Gasteiger partial charge is 0.481 e. The number of rotatable bonds is 12. The number of aromatic nitrogens is 4. The van der Waals surface area contributed by atoms with Gasteiger partial charge in [0.1, 0.15) is 16.9 Å². The van der Waals surface area contributed by atoms with Gasteiger partial charge in [-0.2, -0.15) is 5.10 Å². The molecule has 0 bridgehead atoms. The van der Waals surface area contributed by atoms with Crippen molar-refractivity contribution in [2.45, 2.75) is 58.3 Å². The van der Waals surface area contributed by atoms with Gasteiger partial charge in [-0.15, -0.1) is 0 Å². The molecule has 13 nitrogen and oxygen atoms in total. The fourth-order valence-electron chi connectivity index (χ4n) is 6.58. The number of carbonyl (C=O) groups excluding carboxylic acids is 2. The van der Waals surface area contributed by atoms with E-state index in [2.05, 4.69) is 5.32 Å². The van der Waals surface area contributed by atoms with Gasteiger partial charge in [0.05, 0.1) is 42.5 Å². The lowest BCUT2D eigenvalue weighted by molar-refractivity contribution is -0.119. The molecule has 15 heteroatoms. The van der Waals surface area contributed by atoms with Crippen molar-refractivity contribution in [2.24, 2.45) is 7.05 Å². The lowest BCUT2D eigenvalue weighted by Gasteiger charge is -2.29. The van der Waals surface area contributed by atoms with Gasteiger partial charge in [0, 0.05) is 72.2 Å². The first-order valence-electron chi connectivity index (χ1n) is 17.9. The summed E-state index contributed by atoms with van der Waals surface area (Å²) < 4.78 is 14.5. The SMILES string of the molecule is COc1nc(-c2cccc(-c3cccc(-c4cc5c(=O)n(C)c(CN(C)CCO)nn5c4)c3Cl)c2Cl)ccc1CN(C[C@@H]1CCC(=O)N1)C(=O)OC(C)(C)C. The molecule has 1 aliphatic heterocycles. The van der Waals surface area contributed by atoms with Gasteiger partial charge in [-0.05, 0) is 52.4 Å². The Morgan fingerprint density at radius 1 is 1.02 bits per heavy atom. The minimum absolute atomic E-state index is 0.000554. The summed E-state index contributed by atoms with van der Waals surface area (Å²) in [5, 5.41) is 17.8. The molecule has 0 unspecified atom stereocenters. The number of amides is 2. The van der Waals surface area contributed by atoms with Crippen LogP contribution in [-0.2, 0) is 29.7 Å². The number of methoxy groups -OCH3 is 1. The third-order valence-corrected chi connectivity index (χ3v) is 10.2.